The van der Waals surface area contributed by atoms with Gasteiger partial charge in [-0.05, 0) is 37.9 Å². The van der Waals surface area contributed by atoms with Crippen molar-refractivity contribution in [1.29, 1.82) is 0 Å². The molecule has 1 aromatic rings. The Hall–Kier alpha value is -1.29. The first-order valence-electron chi connectivity index (χ1n) is 6.36. The number of nitrogens with zero attached hydrogens (tertiary/aromatic N) is 1. The molecule has 17 heavy (non-hydrogen) atoms. The van der Waals surface area contributed by atoms with Crippen LogP contribution in [0.2, 0.25) is 0 Å². The molecule has 0 saturated heterocycles. The van der Waals surface area contributed by atoms with Gasteiger partial charge in [0.05, 0.1) is 6.61 Å². The van der Waals surface area contributed by atoms with E-state index in [0.717, 1.165) is 30.8 Å². The van der Waals surface area contributed by atoms with Gasteiger partial charge >= 0.3 is 0 Å². The third kappa shape index (κ3) is 4.61. The van der Waals surface area contributed by atoms with Gasteiger partial charge in [-0.15, -0.1) is 0 Å². The molecule has 0 aliphatic carbocycles. The van der Waals surface area contributed by atoms with Crippen molar-refractivity contribution in [3.05, 3.63) is 18.3 Å². The summed E-state index contributed by atoms with van der Waals surface area (Å²) in [5.41, 5.74) is 5.59. The summed E-state index contributed by atoms with van der Waals surface area (Å²) >= 11 is 0. The molecule has 96 valence electrons. The summed E-state index contributed by atoms with van der Waals surface area (Å²) in [6.45, 7) is 5.63. The minimum atomic E-state index is 0.360. The maximum atomic E-state index is 5.65. The number of pyridine rings is 1. The molecule has 0 saturated carbocycles. The molecule has 1 aromatic heterocycles. The van der Waals surface area contributed by atoms with E-state index >= 15 is 0 Å². The monoisotopic (exact) mass is 237 g/mol. The van der Waals surface area contributed by atoms with E-state index in [1.165, 1.54) is 0 Å². The molecule has 0 fully saturated rings. The molecule has 0 aliphatic heterocycles. The highest BCUT2D eigenvalue weighted by atomic mass is 16.5. The predicted octanol–water partition coefficient (Wildman–Crippen LogP) is 2.41. The van der Waals surface area contributed by atoms with Crippen molar-refractivity contribution in [1.82, 2.24) is 4.98 Å². The van der Waals surface area contributed by atoms with E-state index in [9.17, 15) is 0 Å². The Bertz CT molecular complexity index is 317. The zero-order chi connectivity index (χ0) is 12.5. The summed E-state index contributed by atoms with van der Waals surface area (Å²) in [5.74, 6) is 1.64. The minimum absolute atomic E-state index is 0.360. The molecule has 0 aromatic carbocycles. The largest absolute Gasteiger partial charge is 0.490 e. The van der Waals surface area contributed by atoms with Crippen LogP contribution in [0.15, 0.2) is 18.3 Å². The molecule has 4 nitrogen and oxygen atoms in total. The fraction of sp³-hybridized carbons (Fsp3) is 0.615. The highest BCUT2D eigenvalue weighted by molar-refractivity contribution is 5.50. The molecule has 0 aliphatic rings. The third-order valence-electron chi connectivity index (χ3n) is 2.58. The Morgan fingerprint density at radius 1 is 1.47 bits per heavy atom. The van der Waals surface area contributed by atoms with Gasteiger partial charge in [0.2, 0.25) is 0 Å². The smallest absolute Gasteiger partial charge is 0.168 e. The van der Waals surface area contributed by atoms with Crippen LogP contribution in [0.1, 0.15) is 33.1 Å². The van der Waals surface area contributed by atoms with Gasteiger partial charge in [0.1, 0.15) is 0 Å². The van der Waals surface area contributed by atoms with Gasteiger partial charge in [0, 0.05) is 12.2 Å². The van der Waals surface area contributed by atoms with Crippen molar-refractivity contribution in [2.45, 2.75) is 39.2 Å². The van der Waals surface area contributed by atoms with Crippen LogP contribution >= 0.6 is 0 Å². The highest BCUT2D eigenvalue weighted by Gasteiger charge is 2.09. The van der Waals surface area contributed by atoms with Crippen molar-refractivity contribution in [3.63, 3.8) is 0 Å². The van der Waals surface area contributed by atoms with Gasteiger partial charge in [-0.2, -0.15) is 0 Å². The standard InChI is InChI=1S/C13H23N3O/c1-3-10-17-12-6-5-9-15-13(12)16-11(4-2)7-8-14/h5-6,9,11H,3-4,7-8,10,14H2,1-2H3,(H,15,16). The molecule has 0 bridgehead atoms. The zero-order valence-electron chi connectivity index (χ0n) is 10.8. The lowest BCUT2D eigenvalue weighted by Crippen LogP contribution is -2.23. The number of ether oxygens (including phenoxy) is 1. The summed E-state index contributed by atoms with van der Waals surface area (Å²) in [6, 6.07) is 4.19. The molecular weight excluding hydrogens is 214 g/mol. The summed E-state index contributed by atoms with van der Waals surface area (Å²) in [7, 11) is 0. The van der Waals surface area contributed by atoms with E-state index in [-0.39, 0.29) is 0 Å². The van der Waals surface area contributed by atoms with Crippen LogP contribution < -0.4 is 15.8 Å². The van der Waals surface area contributed by atoms with Crippen LogP contribution in [-0.2, 0) is 0 Å². The second-order valence-electron chi connectivity index (χ2n) is 4.03. The van der Waals surface area contributed by atoms with E-state index in [2.05, 4.69) is 24.1 Å². The van der Waals surface area contributed by atoms with Crippen molar-refractivity contribution >= 4 is 5.82 Å². The third-order valence-corrected chi connectivity index (χ3v) is 2.58. The van der Waals surface area contributed by atoms with E-state index < -0.39 is 0 Å². The number of anilines is 1. The normalized spacial score (nSPS) is 12.2. The Balaban J connectivity index is 2.67. The number of nitrogens with two attached hydrogens (primary N) is 1. The van der Waals surface area contributed by atoms with Crippen molar-refractivity contribution in [2.75, 3.05) is 18.5 Å². The highest BCUT2D eigenvalue weighted by Crippen LogP contribution is 2.22. The van der Waals surface area contributed by atoms with Crippen LogP contribution in [0.3, 0.4) is 0 Å². The first-order valence-corrected chi connectivity index (χ1v) is 6.36. The molecule has 4 heteroatoms. The molecular formula is C13H23N3O. The Kier molecular flexibility index (Phi) is 6.40. The van der Waals surface area contributed by atoms with Crippen LogP contribution in [-0.4, -0.2) is 24.2 Å². The summed E-state index contributed by atoms with van der Waals surface area (Å²) < 4.78 is 5.65. The topological polar surface area (TPSA) is 60.2 Å². The quantitative estimate of drug-likeness (QED) is 0.729. The second-order valence-corrected chi connectivity index (χ2v) is 4.03. The summed E-state index contributed by atoms with van der Waals surface area (Å²) in [6.07, 6.45) is 4.74. The average Bonchev–Trinajstić information content (AvgIpc) is 2.37. The van der Waals surface area contributed by atoms with Gasteiger partial charge < -0.3 is 15.8 Å². The molecule has 1 rings (SSSR count). The SMILES string of the molecule is CCCOc1cccnc1NC(CC)CCN. The van der Waals surface area contributed by atoms with Gasteiger partial charge in [-0.25, -0.2) is 4.98 Å². The number of rotatable bonds is 8. The number of hydrogen-bond donors (Lipinski definition) is 2. The Morgan fingerprint density at radius 2 is 2.29 bits per heavy atom. The lowest BCUT2D eigenvalue weighted by atomic mass is 10.1. The Labute approximate surface area is 104 Å². The fourth-order valence-electron chi connectivity index (χ4n) is 1.60. The zero-order valence-corrected chi connectivity index (χ0v) is 10.8. The molecule has 3 N–H and O–H groups in total. The van der Waals surface area contributed by atoms with Crippen LogP contribution in [0, 0.1) is 0 Å². The summed E-state index contributed by atoms with van der Waals surface area (Å²) in [4.78, 5) is 4.32. The van der Waals surface area contributed by atoms with Crippen molar-refractivity contribution in [3.8, 4) is 5.75 Å². The Morgan fingerprint density at radius 3 is 2.94 bits per heavy atom. The molecule has 1 unspecified atom stereocenters. The maximum absolute atomic E-state index is 5.65. The van der Waals surface area contributed by atoms with Crippen LogP contribution in [0.5, 0.6) is 5.75 Å². The molecule has 0 spiro atoms. The minimum Gasteiger partial charge on any atom is -0.490 e. The number of aromatic nitrogens is 1. The summed E-state index contributed by atoms with van der Waals surface area (Å²) in [5, 5.41) is 3.39. The average molecular weight is 237 g/mol. The molecule has 0 radical (unpaired) electrons. The van der Waals surface area contributed by atoms with Crippen molar-refractivity contribution in [2.24, 2.45) is 5.73 Å². The van der Waals surface area contributed by atoms with Gasteiger partial charge in [-0.3, -0.25) is 0 Å². The fourth-order valence-corrected chi connectivity index (χ4v) is 1.60. The molecule has 1 atom stereocenters. The van der Waals surface area contributed by atoms with Gasteiger partial charge in [-0.1, -0.05) is 13.8 Å². The van der Waals surface area contributed by atoms with E-state index in [1.807, 2.05) is 12.1 Å². The molecule has 1 heterocycles. The van der Waals surface area contributed by atoms with Crippen molar-refractivity contribution < 1.29 is 4.74 Å². The van der Waals surface area contributed by atoms with Crippen LogP contribution in [0.25, 0.3) is 0 Å². The maximum Gasteiger partial charge on any atom is 0.168 e. The number of nitrogens with one attached hydrogen (secondary N) is 1. The van der Waals surface area contributed by atoms with E-state index in [0.29, 0.717) is 19.2 Å². The van der Waals surface area contributed by atoms with E-state index in [1.54, 1.807) is 6.20 Å². The van der Waals surface area contributed by atoms with Crippen LogP contribution in [0.4, 0.5) is 5.82 Å². The number of hydrogen-bond acceptors (Lipinski definition) is 4. The predicted molar refractivity (Wildman–Crippen MR) is 71.4 cm³/mol. The second kappa shape index (κ2) is 7.90. The first-order chi connectivity index (χ1) is 8.31. The first kappa shape index (κ1) is 13.8. The van der Waals surface area contributed by atoms with E-state index in [4.69, 9.17) is 10.5 Å². The lowest BCUT2D eigenvalue weighted by Gasteiger charge is -2.18. The molecule has 0 amide bonds. The van der Waals surface area contributed by atoms with Gasteiger partial charge in [0.25, 0.3) is 0 Å². The lowest BCUT2D eigenvalue weighted by molar-refractivity contribution is 0.317. The van der Waals surface area contributed by atoms with Gasteiger partial charge in [0.15, 0.2) is 11.6 Å².